The van der Waals surface area contributed by atoms with E-state index in [0.29, 0.717) is 5.92 Å². The van der Waals surface area contributed by atoms with Gasteiger partial charge in [0.15, 0.2) is 0 Å². The summed E-state index contributed by atoms with van der Waals surface area (Å²) in [5.41, 5.74) is 4.82. The average Bonchev–Trinajstić information content (AvgIpc) is 2.50. The fraction of sp³-hybridized carbons (Fsp3) is 0.368. The lowest BCUT2D eigenvalue weighted by molar-refractivity contribution is 0.392. The first-order valence-corrected chi connectivity index (χ1v) is 7.69. The van der Waals surface area contributed by atoms with Crippen molar-refractivity contribution in [1.29, 1.82) is 0 Å². The van der Waals surface area contributed by atoms with Crippen molar-refractivity contribution in [3.05, 3.63) is 70.5 Å². The van der Waals surface area contributed by atoms with Crippen LogP contribution in [0, 0.1) is 19.7 Å². The van der Waals surface area contributed by atoms with E-state index in [1.807, 2.05) is 12.1 Å². The van der Waals surface area contributed by atoms with Crippen LogP contribution in [0.25, 0.3) is 0 Å². The van der Waals surface area contributed by atoms with Crippen LogP contribution >= 0.6 is 0 Å². The molecule has 21 heavy (non-hydrogen) atoms. The quantitative estimate of drug-likeness (QED) is 0.866. The summed E-state index contributed by atoms with van der Waals surface area (Å²) >= 11 is 0. The summed E-state index contributed by atoms with van der Waals surface area (Å²) in [6.07, 6.45) is 1.06. The molecule has 0 amide bonds. The Bertz CT molecular complexity index is 635. The molecule has 2 unspecified atom stereocenters. The van der Waals surface area contributed by atoms with Crippen LogP contribution in [0.4, 0.5) is 4.39 Å². The molecule has 1 aliphatic rings. The average molecular weight is 283 g/mol. The van der Waals surface area contributed by atoms with Gasteiger partial charge in [0, 0.05) is 12.5 Å². The number of piperidine rings is 1. The third-order valence-corrected chi connectivity index (χ3v) is 4.62. The minimum Gasteiger partial charge on any atom is -0.316 e. The van der Waals surface area contributed by atoms with Crippen molar-refractivity contribution in [2.24, 2.45) is 0 Å². The Kier molecular flexibility index (Phi) is 4.07. The normalized spacial score (nSPS) is 22.2. The Morgan fingerprint density at radius 3 is 2.62 bits per heavy atom. The third-order valence-electron chi connectivity index (χ3n) is 4.62. The van der Waals surface area contributed by atoms with Crippen LogP contribution in [0.3, 0.4) is 0 Å². The fourth-order valence-corrected chi connectivity index (χ4v) is 3.49. The lowest BCUT2D eigenvalue weighted by Crippen LogP contribution is -2.34. The molecule has 0 aromatic heterocycles. The second-order valence-corrected chi connectivity index (χ2v) is 6.09. The highest BCUT2D eigenvalue weighted by molar-refractivity contribution is 5.37. The van der Waals surface area contributed by atoms with Crippen LogP contribution in [-0.4, -0.2) is 13.1 Å². The van der Waals surface area contributed by atoms with E-state index >= 15 is 0 Å². The zero-order chi connectivity index (χ0) is 14.8. The summed E-state index contributed by atoms with van der Waals surface area (Å²) in [5.74, 6) is 0.519. The van der Waals surface area contributed by atoms with Crippen molar-refractivity contribution in [2.45, 2.75) is 32.1 Å². The van der Waals surface area contributed by atoms with Crippen LogP contribution in [-0.2, 0) is 0 Å². The Labute approximate surface area is 126 Å². The van der Waals surface area contributed by atoms with Crippen LogP contribution in [0.1, 0.15) is 40.5 Å². The van der Waals surface area contributed by atoms with E-state index in [1.165, 1.54) is 16.7 Å². The molecule has 1 N–H and O–H groups in total. The topological polar surface area (TPSA) is 12.0 Å². The predicted octanol–water partition coefficient (Wildman–Crippen LogP) is 4.30. The Morgan fingerprint density at radius 1 is 1.00 bits per heavy atom. The standard InChI is InChI=1S/C19H22FN/c1-13-7-8-14(2)17(11-13)15-9-10-21-12-18(15)16-5-3-4-6-19(16)20/h3-8,11,15,18,21H,9-10,12H2,1-2H3. The summed E-state index contributed by atoms with van der Waals surface area (Å²) in [4.78, 5) is 0. The van der Waals surface area contributed by atoms with Gasteiger partial charge in [0.05, 0.1) is 0 Å². The van der Waals surface area contributed by atoms with Gasteiger partial charge in [-0.1, -0.05) is 42.0 Å². The Balaban J connectivity index is 2.02. The maximum Gasteiger partial charge on any atom is 0.126 e. The van der Waals surface area contributed by atoms with Crippen LogP contribution < -0.4 is 5.32 Å². The Hall–Kier alpha value is -1.67. The molecule has 2 atom stereocenters. The van der Waals surface area contributed by atoms with E-state index in [4.69, 9.17) is 0 Å². The number of hydrogen-bond acceptors (Lipinski definition) is 1. The minimum atomic E-state index is -0.0819. The molecule has 0 spiro atoms. The smallest absolute Gasteiger partial charge is 0.126 e. The van der Waals surface area contributed by atoms with E-state index < -0.39 is 0 Å². The van der Waals surface area contributed by atoms with Crippen LogP contribution in [0.15, 0.2) is 42.5 Å². The third kappa shape index (κ3) is 2.86. The predicted molar refractivity (Wildman–Crippen MR) is 85.3 cm³/mol. The highest BCUT2D eigenvalue weighted by Crippen LogP contribution is 2.39. The number of aryl methyl sites for hydroxylation is 2. The molecule has 3 rings (SSSR count). The number of benzene rings is 2. The molecule has 1 aliphatic heterocycles. The SMILES string of the molecule is Cc1ccc(C)c(C2CCNCC2c2ccccc2F)c1. The van der Waals surface area contributed by atoms with Gasteiger partial charge in [-0.2, -0.15) is 0 Å². The van der Waals surface area contributed by atoms with Crippen molar-refractivity contribution in [3.63, 3.8) is 0 Å². The fourth-order valence-electron chi connectivity index (χ4n) is 3.49. The first-order chi connectivity index (χ1) is 10.2. The van der Waals surface area contributed by atoms with Gasteiger partial charge in [-0.05, 0) is 55.5 Å². The van der Waals surface area contributed by atoms with Gasteiger partial charge in [-0.25, -0.2) is 4.39 Å². The van der Waals surface area contributed by atoms with Crippen molar-refractivity contribution >= 4 is 0 Å². The monoisotopic (exact) mass is 283 g/mol. The maximum absolute atomic E-state index is 14.2. The number of hydrogen-bond donors (Lipinski definition) is 1. The molecule has 0 radical (unpaired) electrons. The molecular weight excluding hydrogens is 261 g/mol. The van der Waals surface area contributed by atoms with Crippen molar-refractivity contribution < 1.29 is 4.39 Å². The van der Waals surface area contributed by atoms with Crippen molar-refractivity contribution in [1.82, 2.24) is 5.32 Å². The second-order valence-electron chi connectivity index (χ2n) is 6.09. The van der Waals surface area contributed by atoms with Gasteiger partial charge in [0.25, 0.3) is 0 Å². The molecular formula is C19H22FN. The largest absolute Gasteiger partial charge is 0.316 e. The zero-order valence-electron chi connectivity index (χ0n) is 12.7. The summed E-state index contributed by atoms with van der Waals surface area (Å²) in [5, 5.41) is 3.43. The van der Waals surface area contributed by atoms with Gasteiger partial charge < -0.3 is 5.32 Å². The number of rotatable bonds is 2. The van der Waals surface area contributed by atoms with Gasteiger partial charge in [0.1, 0.15) is 5.82 Å². The summed E-state index contributed by atoms with van der Waals surface area (Å²) in [7, 11) is 0. The summed E-state index contributed by atoms with van der Waals surface area (Å²) in [6.45, 7) is 6.14. The first kappa shape index (κ1) is 14.3. The van der Waals surface area contributed by atoms with Crippen molar-refractivity contribution in [2.75, 3.05) is 13.1 Å². The van der Waals surface area contributed by atoms with Gasteiger partial charge >= 0.3 is 0 Å². The maximum atomic E-state index is 14.2. The molecule has 0 bridgehead atoms. The first-order valence-electron chi connectivity index (χ1n) is 7.69. The van der Waals surface area contributed by atoms with Crippen LogP contribution in [0.2, 0.25) is 0 Å². The van der Waals surface area contributed by atoms with Gasteiger partial charge in [0.2, 0.25) is 0 Å². The molecule has 2 aromatic rings. The zero-order valence-corrected chi connectivity index (χ0v) is 12.7. The molecule has 1 nitrogen and oxygen atoms in total. The highest BCUT2D eigenvalue weighted by Gasteiger charge is 2.30. The molecule has 110 valence electrons. The lowest BCUT2D eigenvalue weighted by atomic mass is 9.75. The molecule has 0 saturated carbocycles. The Morgan fingerprint density at radius 2 is 1.81 bits per heavy atom. The minimum absolute atomic E-state index is 0.0819. The summed E-state index contributed by atoms with van der Waals surface area (Å²) < 4.78 is 14.2. The number of halogens is 1. The lowest BCUT2D eigenvalue weighted by Gasteiger charge is -2.34. The van der Waals surface area contributed by atoms with Gasteiger partial charge in [-0.15, -0.1) is 0 Å². The molecule has 2 aromatic carbocycles. The van der Waals surface area contributed by atoms with Crippen LogP contribution in [0.5, 0.6) is 0 Å². The molecule has 2 heteroatoms. The van der Waals surface area contributed by atoms with E-state index in [2.05, 4.69) is 37.4 Å². The molecule has 1 heterocycles. The van der Waals surface area contributed by atoms with Crippen molar-refractivity contribution in [3.8, 4) is 0 Å². The van der Waals surface area contributed by atoms with E-state index in [0.717, 1.165) is 25.1 Å². The molecule has 1 saturated heterocycles. The number of nitrogens with one attached hydrogen (secondary N) is 1. The van der Waals surface area contributed by atoms with E-state index in [-0.39, 0.29) is 11.7 Å². The highest BCUT2D eigenvalue weighted by atomic mass is 19.1. The molecule has 1 fully saturated rings. The van der Waals surface area contributed by atoms with E-state index in [9.17, 15) is 4.39 Å². The summed E-state index contributed by atoms with van der Waals surface area (Å²) in [6, 6.07) is 13.8. The second kappa shape index (κ2) is 5.98. The van der Waals surface area contributed by atoms with E-state index in [1.54, 1.807) is 12.1 Å². The molecule has 0 aliphatic carbocycles. The van der Waals surface area contributed by atoms with Gasteiger partial charge in [-0.3, -0.25) is 0 Å².